The van der Waals surface area contributed by atoms with Gasteiger partial charge in [0.2, 0.25) is 0 Å². The summed E-state index contributed by atoms with van der Waals surface area (Å²) in [4.78, 5) is 10.4. The van der Waals surface area contributed by atoms with E-state index in [0.717, 1.165) is 12.2 Å². The van der Waals surface area contributed by atoms with E-state index >= 15 is 0 Å². The van der Waals surface area contributed by atoms with Crippen LogP contribution in [0.2, 0.25) is 0 Å². The second-order valence-corrected chi connectivity index (χ2v) is 4.60. The molecule has 5 nitrogen and oxygen atoms in total. The zero-order chi connectivity index (χ0) is 10.7. The van der Waals surface area contributed by atoms with E-state index in [1.807, 2.05) is 0 Å². The fraction of sp³-hybridized carbons (Fsp3) is 0.556. The summed E-state index contributed by atoms with van der Waals surface area (Å²) >= 11 is 1.78. The predicted molar refractivity (Wildman–Crippen MR) is 56.0 cm³/mol. The maximum atomic E-state index is 10.4. The number of aromatic nitrogens is 2. The monoisotopic (exact) mass is 228 g/mol. The number of hydrogen-bond donors (Lipinski definition) is 1. The lowest BCUT2D eigenvalue weighted by Gasteiger charge is -2.08. The first-order chi connectivity index (χ1) is 7.24. The zero-order valence-electron chi connectivity index (χ0n) is 8.13. The lowest BCUT2D eigenvalue weighted by Crippen LogP contribution is -2.09. The van der Waals surface area contributed by atoms with E-state index in [4.69, 9.17) is 9.84 Å². The summed E-state index contributed by atoms with van der Waals surface area (Å²) in [7, 11) is 0. The molecule has 0 saturated carbocycles. The predicted octanol–water partition coefficient (Wildman–Crippen LogP) is 1.20. The van der Waals surface area contributed by atoms with Gasteiger partial charge in [-0.15, -0.1) is 11.8 Å². The molecule has 2 rings (SSSR count). The maximum absolute atomic E-state index is 10.4. The zero-order valence-corrected chi connectivity index (χ0v) is 8.94. The van der Waals surface area contributed by atoms with Crippen LogP contribution in [0, 0.1) is 0 Å². The molecule has 1 aliphatic heterocycles. The molecule has 0 spiro atoms. The van der Waals surface area contributed by atoms with E-state index in [9.17, 15) is 4.79 Å². The highest BCUT2D eigenvalue weighted by Gasteiger charge is 2.17. The molecule has 0 aliphatic carbocycles. The molecule has 1 saturated heterocycles. The van der Waals surface area contributed by atoms with Gasteiger partial charge in [-0.25, -0.2) is 0 Å². The summed E-state index contributed by atoms with van der Waals surface area (Å²) in [5.74, 6) is 0.879. The molecule has 6 heteroatoms. The van der Waals surface area contributed by atoms with Crippen LogP contribution >= 0.6 is 11.8 Å². The van der Waals surface area contributed by atoms with Crippen LogP contribution in [0.3, 0.4) is 0 Å². The SMILES string of the molecule is O=C(O)Cn1cc(OC2CCCS2)cn1. The first kappa shape index (κ1) is 10.4. The summed E-state index contributed by atoms with van der Waals surface area (Å²) in [6.45, 7) is -0.124. The summed E-state index contributed by atoms with van der Waals surface area (Å²) in [5, 5.41) is 12.5. The molecule has 1 fully saturated rings. The van der Waals surface area contributed by atoms with Crippen molar-refractivity contribution < 1.29 is 14.6 Å². The number of carboxylic acid groups (broad SMARTS) is 1. The summed E-state index contributed by atoms with van der Waals surface area (Å²) in [5.41, 5.74) is 0.201. The van der Waals surface area contributed by atoms with Crippen molar-refractivity contribution in [1.29, 1.82) is 0 Å². The topological polar surface area (TPSA) is 64.3 Å². The van der Waals surface area contributed by atoms with Crippen molar-refractivity contribution in [2.45, 2.75) is 24.8 Å². The number of carboxylic acids is 1. The van der Waals surface area contributed by atoms with Gasteiger partial charge >= 0.3 is 5.97 Å². The number of aliphatic carboxylic acids is 1. The molecule has 1 atom stereocenters. The minimum absolute atomic E-state index is 0.124. The van der Waals surface area contributed by atoms with Crippen molar-refractivity contribution in [2.24, 2.45) is 0 Å². The second kappa shape index (κ2) is 4.57. The van der Waals surface area contributed by atoms with E-state index in [-0.39, 0.29) is 12.0 Å². The molecule has 1 aliphatic rings. The van der Waals surface area contributed by atoms with Gasteiger partial charge < -0.3 is 9.84 Å². The summed E-state index contributed by atoms with van der Waals surface area (Å²) in [6, 6.07) is 0. The average molecular weight is 228 g/mol. The Kier molecular flexibility index (Phi) is 3.15. The molecule has 82 valence electrons. The Balaban J connectivity index is 1.91. The van der Waals surface area contributed by atoms with E-state index in [2.05, 4.69) is 5.10 Å². The van der Waals surface area contributed by atoms with Gasteiger partial charge in [0.1, 0.15) is 12.0 Å². The Bertz CT molecular complexity index is 347. The van der Waals surface area contributed by atoms with Crippen LogP contribution in [0.25, 0.3) is 0 Å². The van der Waals surface area contributed by atoms with Crippen LogP contribution < -0.4 is 4.74 Å². The fourth-order valence-electron chi connectivity index (χ4n) is 1.42. The van der Waals surface area contributed by atoms with Gasteiger partial charge in [-0.3, -0.25) is 9.48 Å². The lowest BCUT2D eigenvalue weighted by atomic mass is 10.4. The highest BCUT2D eigenvalue weighted by Crippen LogP contribution is 2.28. The first-order valence-corrected chi connectivity index (χ1v) is 5.81. The van der Waals surface area contributed by atoms with Crippen molar-refractivity contribution in [3.05, 3.63) is 12.4 Å². The van der Waals surface area contributed by atoms with Crippen molar-refractivity contribution >= 4 is 17.7 Å². The number of nitrogens with zero attached hydrogens (tertiary/aromatic N) is 2. The Morgan fingerprint density at radius 1 is 1.80 bits per heavy atom. The van der Waals surface area contributed by atoms with Crippen LogP contribution in [0.15, 0.2) is 12.4 Å². The molecule has 0 radical (unpaired) electrons. The van der Waals surface area contributed by atoms with Gasteiger partial charge in [-0.1, -0.05) is 0 Å². The number of rotatable bonds is 4. The Morgan fingerprint density at radius 2 is 2.67 bits per heavy atom. The molecular weight excluding hydrogens is 216 g/mol. The number of carbonyl (C=O) groups is 1. The Labute approximate surface area is 91.4 Å². The van der Waals surface area contributed by atoms with Crippen molar-refractivity contribution in [1.82, 2.24) is 9.78 Å². The highest BCUT2D eigenvalue weighted by molar-refractivity contribution is 8.00. The third-order valence-corrected chi connectivity index (χ3v) is 3.29. The third kappa shape index (κ3) is 2.89. The van der Waals surface area contributed by atoms with Gasteiger partial charge in [0.05, 0.1) is 12.4 Å². The van der Waals surface area contributed by atoms with Crippen LogP contribution in [0.1, 0.15) is 12.8 Å². The maximum Gasteiger partial charge on any atom is 0.325 e. The molecule has 2 heterocycles. The van der Waals surface area contributed by atoms with Gasteiger partial charge in [0, 0.05) is 0 Å². The number of thioether (sulfide) groups is 1. The van der Waals surface area contributed by atoms with Crippen LogP contribution in [0.5, 0.6) is 5.75 Å². The van der Waals surface area contributed by atoms with Crippen LogP contribution in [-0.2, 0) is 11.3 Å². The highest BCUT2D eigenvalue weighted by atomic mass is 32.2. The molecule has 0 amide bonds. The van der Waals surface area contributed by atoms with Crippen LogP contribution in [0.4, 0.5) is 0 Å². The third-order valence-electron chi connectivity index (χ3n) is 2.06. The first-order valence-electron chi connectivity index (χ1n) is 4.76. The summed E-state index contributed by atoms with van der Waals surface area (Å²) < 4.78 is 6.98. The van der Waals surface area contributed by atoms with Gasteiger partial charge in [-0.2, -0.15) is 5.10 Å². The van der Waals surface area contributed by atoms with Gasteiger partial charge in [0.15, 0.2) is 5.75 Å². The van der Waals surface area contributed by atoms with Crippen LogP contribution in [-0.4, -0.2) is 32.0 Å². The molecule has 1 N–H and O–H groups in total. The second-order valence-electron chi connectivity index (χ2n) is 3.33. The van der Waals surface area contributed by atoms with Crippen molar-refractivity contribution in [3.8, 4) is 5.75 Å². The van der Waals surface area contributed by atoms with E-state index < -0.39 is 5.97 Å². The average Bonchev–Trinajstić information content (AvgIpc) is 2.77. The standard InChI is InChI=1S/C9H12N2O3S/c12-8(13)6-11-5-7(4-10-11)14-9-2-1-3-15-9/h4-5,9H,1-3,6H2,(H,12,13). The lowest BCUT2D eigenvalue weighted by molar-refractivity contribution is -0.137. The van der Waals surface area contributed by atoms with Crippen molar-refractivity contribution in [2.75, 3.05) is 5.75 Å². The molecule has 1 aromatic heterocycles. The fourth-order valence-corrected chi connectivity index (χ4v) is 2.53. The van der Waals surface area contributed by atoms with E-state index in [0.29, 0.717) is 5.75 Å². The number of ether oxygens (including phenoxy) is 1. The Morgan fingerprint density at radius 3 is 3.33 bits per heavy atom. The van der Waals surface area contributed by atoms with Crippen molar-refractivity contribution in [3.63, 3.8) is 0 Å². The molecular formula is C9H12N2O3S. The van der Waals surface area contributed by atoms with Gasteiger partial charge in [-0.05, 0) is 18.6 Å². The smallest absolute Gasteiger partial charge is 0.325 e. The molecule has 0 bridgehead atoms. The largest absolute Gasteiger partial charge is 0.480 e. The molecule has 1 aromatic rings. The normalized spacial score (nSPS) is 20.4. The summed E-state index contributed by atoms with van der Waals surface area (Å²) in [6.07, 6.45) is 5.40. The quantitative estimate of drug-likeness (QED) is 0.838. The Hall–Kier alpha value is -1.17. The minimum atomic E-state index is -0.903. The minimum Gasteiger partial charge on any atom is -0.480 e. The van der Waals surface area contributed by atoms with Gasteiger partial charge in [0.25, 0.3) is 0 Å². The van der Waals surface area contributed by atoms with E-state index in [1.165, 1.54) is 11.1 Å². The molecule has 1 unspecified atom stereocenters. The number of hydrogen-bond acceptors (Lipinski definition) is 4. The molecule has 0 aromatic carbocycles. The molecule has 15 heavy (non-hydrogen) atoms. The van der Waals surface area contributed by atoms with E-state index in [1.54, 1.807) is 24.2 Å².